The van der Waals surface area contributed by atoms with Crippen molar-refractivity contribution in [2.45, 2.75) is 96.2 Å². The minimum atomic E-state index is 0.0908. The summed E-state index contributed by atoms with van der Waals surface area (Å²) in [4.78, 5) is 15.9. The van der Waals surface area contributed by atoms with Crippen LogP contribution in [0.15, 0.2) is 24.4 Å². The first-order chi connectivity index (χ1) is 15.4. The van der Waals surface area contributed by atoms with Gasteiger partial charge in [0.25, 0.3) is 0 Å². The van der Waals surface area contributed by atoms with Crippen LogP contribution in [0.5, 0.6) is 0 Å². The zero-order valence-corrected chi connectivity index (χ0v) is 20.4. The lowest BCUT2D eigenvalue weighted by molar-refractivity contribution is -0.128. The molecule has 2 aromatic rings. The highest BCUT2D eigenvalue weighted by Gasteiger charge is 2.42. The molecular weight excluding hydrogens is 394 g/mol. The van der Waals surface area contributed by atoms with Crippen LogP contribution in [-0.2, 0) is 11.2 Å². The Morgan fingerprint density at radius 1 is 1.12 bits per heavy atom. The maximum atomic E-state index is 13.4. The van der Waals surface area contributed by atoms with Gasteiger partial charge in [0.05, 0.1) is 5.92 Å². The number of fused-ring (bicyclic) bond motifs is 2. The quantitative estimate of drug-likeness (QED) is 0.676. The Kier molecular flexibility index (Phi) is 6.09. The molecule has 0 spiro atoms. The summed E-state index contributed by atoms with van der Waals surface area (Å²) < 4.78 is 2.44. The van der Waals surface area contributed by atoms with E-state index in [9.17, 15) is 4.79 Å². The molecule has 1 aromatic heterocycles. The number of rotatable bonds is 3. The molecule has 1 N–H and O–H groups in total. The molecule has 5 rings (SSSR count). The number of benzene rings is 1. The molecule has 0 radical (unpaired) electrons. The van der Waals surface area contributed by atoms with Crippen molar-refractivity contribution < 1.29 is 4.79 Å². The molecule has 2 fully saturated rings. The van der Waals surface area contributed by atoms with Crippen molar-refractivity contribution in [1.29, 1.82) is 0 Å². The van der Waals surface area contributed by atoms with Crippen LogP contribution < -0.4 is 5.32 Å². The van der Waals surface area contributed by atoms with E-state index in [1.165, 1.54) is 47.7 Å². The Morgan fingerprint density at radius 2 is 1.94 bits per heavy atom. The summed E-state index contributed by atoms with van der Waals surface area (Å²) in [5.74, 6) is 1.63. The second kappa shape index (κ2) is 8.85. The summed E-state index contributed by atoms with van der Waals surface area (Å²) in [5, 5.41) is 4.95. The largest absolute Gasteiger partial charge is 0.353 e. The smallest absolute Gasteiger partial charge is 0.224 e. The monoisotopic (exact) mass is 435 g/mol. The predicted octanol–water partition coefficient (Wildman–Crippen LogP) is 5.66. The topological polar surface area (TPSA) is 37.3 Å². The van der Waals surface area contributed by atoms with Gasteiger partial charge in [-0.2, -0.15) is 0 Å². The Hall–Kier alpha value is -1.81. The van der Waals surface area contributed by atoms with E-state index in [0.29, 0.717) is 30.0 Å². The van der Waals surface area contributed by atoms with Crippen LogP contribution in [0.25, 0.3) is 10.9 Å². The number of nitrogens with zero attached hydrogens (tertiary/aromatic N) is 2. The van der Waals surface area contributed by atoms with E-state index in [1.807, 2.05) is 0 Å². The third kappa shape index (κ3) is 4.00. The number of piperidine rings is 1. The van der Waals surface area contributed by atoms with E-state index in [-0.39, 0.29) is 5.92 Å². The van der Waals surface area contributed by atoms with Crippen LogP contribution in [0.2, 0.25) is 0 Å². The van der Waals surface area contributed by atoms with Crippen LogP contribution in [0, 0.1) is 11.8 Å². The third-order valence-electron chi connectivity index (χ3n) is 8.66. The van der Waals surface area contributed by atoms with Crippen molar-refractivity contribution in [2.24, 2.45) is 11.8 Å². The Bertz CT molecular complexity index is 976. The number of carbonyl (C=O) groups excluding carboxylic acids is 1. The van der Waals surface area contributed by atoms with Gasteiger partial charge in [-0.3, -0.25) is 4.79 Å². The van der Waals surface area contributed by atoms with Crippen molar-refractivity contribution in [2.75, 3.05) is 13.6 Å². The lowest BCUT2D eigenvalue weighted by atomic mass is 9.72. The lowest BCUT2D eigenvalue weighted by Crippen LogP contribution is -2.52. The fourth-order valence-electron chi connectivity index (χ4n) is 6.81. The third-order valence-corrected chi connectivity index (χ3v) is 8.66. The van der Waals surface area contributed by atoms with Crippen LogP contribution in [0.4, 0.5) is 0 Å². The molecule has 4 heteroatoms. The number of likely N-dealkylation sites (tertiary alicyclic amines) is 1. The molecule has 1 saturated carbocycles. The Morgan fingerprint density at radius 3 is 2.75 bits per heavy atom. The van der Waals surface area contributed by atoms with E-state index in [4.69, 9.17) is 0 Å². The van der Waals surface area contributed by atoms with Gasteiger partial charge in [-0.25, -0.2) is 0 Å². The lowest BCUT2D eigenvalue weighted by Gasteiger charge is -2.45. The van der Waals surface area contributed by atoms with Gasteiger partial charge in [0.2, 0.25) is 5.91 Å². The van der Waals surface area contributed by atoms with E-state index in [1.54, 1.807) is 0 Å². The highest BCUT2D eigenvalue weighted by Crippen LogP contribution is 2.45. The highest BCUT2D eigenvalue weighted by atomic mass is 16.2. The molecule has 0 bridgehead atoms. The summed E-state index contributed by atoms with van der Waals surface area (Å²) in [6.07, 6.45) is 11.9. The van der Waals surface area contributed by atoms with Gasteiger partial charge in [-0.15, -0.1) is 0 Å². The zero-order valence-electron chi connectivity index (χ0n) is 20.4. The maximum absolute atomic E-state index is 13.4. The molecule has 174 valence electrons. The van der Waals surface area contributed by atoms with Gasteiger partial charge >= 0.3 is 0 Å². The standard InChI is InChI=1S/C28H41N3O/c1-18(2)31-17-20-15-26-24(23-10-7-11-25(31)27(20)23)14-21(16-30(26)4)28(32)29-22-9-6-5-8-19(3)12-13-22/h7,10-11,17-19,21-22,24,26H,5-6,8-9,12-16H2,1-4H3,(H,29,32)/t19?,21-,22?,24-,26-/m1/s1. The molecule has 1 saturated heterocycles. The van der Waals surface area contributed by atoms with Gasteiger partial charge in [0.1, 0.15) is 0 Å². The van der Waals surface area contributed by atoms with E-state index < -0.39 is 0 Å². The van der Waals surface area contributed by atoms with Crippen molar-refractivity contribution in [3.05, 3.63) is 35.5 Å². The Balaban J connectivity index is 1.37. The zero-order chi connectivity index (χ0) is 22.4. The summed E-state index contributed by atoms with van der Waals surface area (Å²) in [5.41, 5.74) is 4.32. The molecule has 5 atom stereocenters. The van der Waals surface area contributed by atoms with E-state index >= 15 is 0 Å². The number of hydrogen-bond acceptors (Lipinski definition) is 2. The van der Waals surface area contributed by atoms with Gasteiger partial charge in [0, 0.05) is 47.7 Å². The van der Waals surface area contributed by atoms with Crippen LogP contribution in [-0.4, -0.2) is 41.1 Å². The second-order valence-electron chi connectivity index (χ2n) is 11.3. The molecule has 2 aliphatic carbocycles. The number of hydrogen-bond donors (Lipinski definition) is 1. The molecule has 2 unspecified atom stereocenters. The van der Waals surface area contributed by atoms with Crippen molar-refractivity contribution >= 4 is 16.8 Å². The molecule has 1 aliphatic heterocycles. The first kappa shape index (κ1) is 22.0. The fourth-order valence-corrected chi connectivity index (χ4v) is 6.81. The molecular formula is C28H41N3O. The molecule has 3 aliphatic rings. The van der Waals surface area contributed by atoms with Crippen LogP contribution in [0.3, 0.4) is 0 Å². The minimum absolute atomic E-state index is 0.0908. The van der Waals surface area contributed by atoms with E-state index in [0.717, 1.165) is 38.1 Å². The number of aromatic nitrogens is 1. The molecule has 32 heavy (non-hydrogen) atoms. The van der Waals surface area contributed by atoms with Gasteiger partial charge < -0.3 is 14.8 Å². The maximum Gasteiger partial charge on any atom is 0.224 e. The van der Waals surface area contributed by atoms with Crippen LogP contribution >= 0.6 is 0 Å². The highest BCUT2D eigenvalue weighted by molar-refractivity contribution is 5.89. The summed E-state index contributed by atoms with van der Waals surface area (Å²) in [7, 11) is 2.24. The normalized spacial score (nSPS) is 31.2. The first-order valence-corrected chi connectivity index (χ1v) is 13.0. The number of amides is 1. The average Bonchev–Trinajstić information content (AvgIpc) is 3.14. The average molecular weight is 436 g/mol. The minimum Gasteiger partial charge on any atom is -0.353 e. The van der Waals surface area contributed by atoms with Gasteiger partial charge in [-0.05, 0) is 76.1 Å². The molecule has 2 heterocycles. The summed E-state index contributed by atoms with van der Waals surface area (Å²) in [6.45, 7) is 7.78. The van der Waals surface area contributed by atoms with E-state index in [2.05, 4.69) is 67.0 Å². The van der Waals surface area contributed by atoms with Crippen molar-refractivity contribution in [3.8, 4) is 0 Å². The first-order valence-electron chi connectivity index (χ1n) is 13.0. The number of carbonyl (C=O) groups is 1. The predicted molar refractivity (Wildman–Crippen MR) is 132 cm³/mol. The summed E-state index contributed by atoms with van der Waals surface area (Å²) >= 11 is 0. The SMILES string of the molecule is CC1CCCCC(NC(=O)[C@@H]2C[C@@H]3c4cccc5c4c(cn5C(C)C)C[C@H]3N(C)C2)CC1. The van der Waals surface area contributed by atoms with Crippen LogP contribution in [0.1, 0.15) is 88.8 Å². The second-order valence-corrected chi connectivity index (χ2v) is 11.3. The van der Waals surface area contributed by atoms with Crippen molar-refractivity contribution in [3.63, 3.8) is 0 Å². The Labute approximate surface area is 193 Å². The molecule has 1 aromatic carbocycles. The van der Waals surface area contributed by atoms with Gasteiger partial charge in [0.15, 0.2) is 0 Å². The van der Waals surface area contributed by atoms with Gasteiger partial charge in [-0.1, -0.05) is 38.3 Å². The fraction of sp³-hybridized carbons (Fsp3) is 0.679. The number of nitrogens with one attached hydrogen (secondary N) is 1. The molecule has 4 nitrogen and oxygen atoms in total. The van der Waals surface area contributed by atoms with Crippen molar-refractivity contribution in [1.82, 2.24) is 14.8 Å². The number of likely N-dealkylation sites (N-methyl/N-ethyl adjacent to an activating group) is 1. The summed E-state index contributed by atoms with van der Waals surface area (Å²) in [6, 6.07) is 8.16. The molecule has 1 amide bonds.